The molecule has 2 aromatic rings. The van der Waals surface area contributed by atoms with E-state index < -0.39 is 0 Å². The van der Waals surface area contributed by atoms with E-state index in [0.29, 0.717) is 6.61 Å². The van der Waals surface area contributed by atoms with E-state index in [1.54, 1.807) is 11.3 Å². The van der Waals surface area contributed by atoms with Gasteiger partial charge in [-0.05, 0) is 39.3 Å². The minimum Gasteiger partial charge on any atom is -0.486 e. The van der Waals surface area contributed by atoms with Crippen molar-refractivity contribution in [1.29, 1.82) is 0 Å². The minimum atomic E-state index is -0.338. The number of aromatic nitrogens is 1. The number of aryl methyl sites for hydroxylation is 2. The highest BCUT2D eigenvalue weighted by Crippen LogP contribution is 2.25. The van der Waals surface area contributed by atoms with E-state index in [4.69, 9.17) is 10.5 Å². The molecule has 19 heavy (non-hydrogen) atoms. The smallest absolute Gasteiger partial charge is 0.140 e. The number of rotatable bonds is 4. The quantitative estimate of drug-likeness (QED) is 0.929. The molecule has 102 valence electrons. The van der Waals surface area contributed by atoms with Crippen LogP contribution in [-0.2, 0) is 12.1 Å². The SMILES string of the molecule is Cc1ccc(OCc2ncc(C(C)(C)N)s2)c(C)c1. The van der Waals surface area contributed by atoms with Crippen molar-refractivity contribution in [2.45, 2.75) is 39.8 Å². The van der Waals surface area contributed by atoms with Crippen LogP contribution in [0.3, 0.4) is 0 Å². The van der Waals surface area contributed by atoms with E-state index in [0.717, 1.165) is 21.2 Å². The molecule has 0 bridgehead atoms. The average molecular weight is 276 g/mol. The van der Waals surface area contributed by atoms with Crippen molar-refractivity contribution in [3.05, 3.63) is 45.4 Å². The number of nitrogens with zero attached hydrogens (tertiary/aromatic N) is 1. The van der Waals surface area contributed by atoms with Crippen LogP contribution in [0, 0.1) is 13.8 Å². The summed E-state index contributed by atoms with van der Waals surface area (Å²) in [5, 5.41) is 0.952. The molecule has 0 spiro atoms. The Morgan fingerprint density at radius 3 is 2.63 bits per heavy atom. The van der Waals surface area contributed by atoms with Gasteiger partial charge in [-0.2, -0.15) is 0 Å². The zero-order valence-electron chi connectivity index (χ0n) is 11.9. The largest absolute Gasteiger partial charge is 0.486 e. The van der Waals surface area contributed by atoms with Gasteiger partial charge >= 0.3 is 0 Å². The number of thiazole rings is 1. The molecule has 0 aliphatic heterocycles. The number of nitrogens with two attached hydrogens (primary N) is 1. The molecule has 2 rings (SSSR count). The standard InChI is InChI=1S/C15H20N2OS/c1-10-5-6-12(11(2)7-10)18-9-14-17-8-13(19-14)15(3,4)16/h5-8H,9,16H2,1-4H3. The van der Waals surface area contributed by atoms with Gasteiger partial charge in [-0.3, -0.25) is 0 Å². The summed E-state index contributed by atoms with van der Waals surface area (Å²) < 4.78 is 5.81. The maximum Gasteiger partial charge on any atom is 0.140 e. The van der Waals surface area contributed by atoms with Crippen molar-refractivity contribution in [2.75, 3.05) is 0 Å². The highest BCUT2D eigenvalue weighted by atomic mass is 32.1. The lowest BCUT2D eigenvalue weighted by Crippen LogP contribution is -2.27. The third-order valence-electron chi connectivity index (χ3n) is 2.87. The fourth-order valence-corrected chi connectivity index (χ4v) is 2.62. The molecule has 0 aliphatic rings. The lowest BCUT2D eigenvalue weighted by atomic mass is 10.1. The Kier molecular flexibility index (Phi) is 3.92. The van der Waals surface area contributed by atoms with Crippen molar-refractivity contribution in [3.63, 3.8) is 0 Å². The van der Waals surface area contributed by atoms with Crippen LogP contribution in [0.2, 0.25) is 0 Å². The Bertz CT molecular complexity index is 570. The van der Waals surface area contributed by atoms with E-state index in [-0.39, 0.29) is 5.54 Å². The summed E-state index contributed by atoms with van der Waals surface area (Å²) in [6, 6.07) is 6.18. The highest BCUT2D eigenvalue weighted by molar-refractivity contribution is 7.11. The van der Waals surface area contributed by atoms with Crippen LogP contribution in [0.5, 0.6) is 5.75 Å². The van der Waals surface area contributed by atoms with Gasteiger partial charge in [-0.1, -0.05) is 17.7 Å². The highest BCUT2D eigenvalue weighted by Gasteiger charge is 2.17. The molecule has 0 radical (unpaired) electrons. The molecule has 3 nitrogen and oxygen atoms in total. The third-order valence-corrected chi connectivity index (χ3v) is 4.18. The second kappa shape index (κ2) is 5.31. The van der Waals surface area contributed by atoms with Crippen molar-refractivity contribution < 1.29 is 4.74 Å². The molecule has 0 saturated carbocycles. The number of hydrogen-bond acceptors (Lipinski definition) is 4. The minimum absolute atomic E-state index is 0.338. The molecule has 1 aromatic carbocycles. The number of benzene rings is 1. The van der Waals surface area contributed by atoms with E-state index in [1.807, 2.05) is 26.1 Å². The van der Waals surface area contributed by atoms with Crippen molar-refractivity contribution in [2.24, 2.45) is 5.73 Å². The molecule has 0 saturated heterocycles. The van der Waals surface area contributed by atoms with Crippen LogP contribution in [-0.4, -0.2) is 4.98 Å². The van der Waals surface area contributed by atoms with Crippen LogP contribution in [0.1, 0.15) is 34.9 Å². The second-order valence-electron chi connectivity index (χ2n) is 5.40. The predicted octanol–water partition coefficient (Wildman–Crippen LogP) is 3.53. The fourth-order valence-electron chi connectivity index (χ4n) is 1.78. The molecular weight excluding hydrogens is 256 g/mol. The summed E-state index contributed by atoms with van der Waals surface area (Å²) in [5.41, 5.74) is 8.10. The molecule has 1 heterocycles. The van der Waals surface area contributed by atoms with E-state index >= 15 is 0 Å². The Morgan fingerprint density at radius 2 is 2.05 bits per heavy atom. The summed E-state index contributed by atoms with van der Waals surface area (Å²) in [6.45, 7) is 8.58. The predicted molar refractivity (Wildman–Crippen MR) is 79.6 cm³/mol. The molecule has 0 fully saturated rings. The summed E-state index contributed by atoms with van der Waals surface area (Å²) in [4.78, 5) is 5.43. The molecule has 2 N–H and O–H groups in total. The van der Waals surface area contributed by atoms with Gasteiger partial charge in [0.05, 0.1) is 0 Å². The topological polar surface area (TPSA) is 48.1 Å². The zero-order chi connectivity index (χ0) is 14.0. The number of hydrogen-bond donors (Lipinski definition) is 1. The van der Waals surface area contributed by atoms with Crippen LogP contribution >= 0.6 is 11.3 Å². The Hall–Kier alpha value is -1.39. The van der Waals surface area contributed by atoms with Crippen molar-refractivity contribution in [1.82, 2.24) is 4.98 Å². The molecule has 0 amide bonds. The first-order valence-corrected chi connectivity index (χ1v) is 7.12. The third kappa shape index (κ3) is 3.55. The van der Waals surface area contributed by atoms with Gasteiger partial charge in [0.25, 0.3) is 0 Å². The number of ether oxygens (including phenoxy) is 1. The summed E-state index contributed by atoms with van der Waals surface area (Å²) in [7, 11) is 0. The Labute approximate surface area is 118 Å². The first kappa shape index (κ1) is 14.0. The van der Waals surface area contributed by atoms with Gasteiger partial charge < -0.3 is 10.5 Å². The maximum atomic E-state index is 6.05. The van der Waals surface area contributed by atoms with Gasteiger partial charge in [0.1, 0.15) is 17.4 Å². The average Bonchev–Trinajstić information content (AvgIpc) is 2.76. The van der Waals surface area contributed by atoms with Crippen LogP contribution in [0.15, 0.2) is 24.4 Å². The summed E-state index contributed by atoms with van der Waals surface area (Å²) in [6.07, 6.45) is 1.84. The van der Waals surface area contributed by atoms with Gasteiger partial charge in [0.15, 0.2) is 0 Å². The first-order chi connectivity index (χ1) is 8.86. The van der Waals surface area contributed by atoms with Crippen molar-refractivity contribution in [3.8, 4) is 5.75 Å². The van der Waals surface area contributed by atoms with Crippen molar-refractivity contribution >= 4 is 11.3 Å². The van der Waals surface area contributed by atoms with E-state index in [1.165, 1.54) is 5.56 Å². The van der Waals surface area contributed by atoms with E-state index in [2.05, 4.69) is 31.0 Å². The normalized spacial score (nSPS) is 11.6. The molecule has 0 aliphatic carbocycles. The maximum absolute atomic E-state index is 6.05. The molecular formula is C15H20N2OS. The first-order valence-electron chi connectivity index (χ1n) is 6.30. The molecule has 1 aromatic heterocycles. The van der Waals surface area contributed by atoms with Crippen LogP contribution in [0.25, 0.3) is 0 Å². The van der Waals surface area contributed by atoms with Gasteiger partial charge in [0, 0.05) is 16.6 Å². The monoisotopic (exact) mass is 276 g/mol. The summed E-state index contributed by atoms with van der Waals surface area (Å²) >= 11 is 1.61. The molecule has 4 heteroatoms. The molecule has 0 unspecified atom stereocenters. The summed E-state index contributed by atoms with van der Waals surface area (Å²) in [5.74, 6) is 0.911. The Morgan fingerprint density at radius 1 is 1.32 bits per heavy atom. The van der Waals surface area contributed by atoms with Gasteiger partial charge in [-0.15, -0.1) is 11.3 Å². The lowest BCUT2D eigenvalue weighted by molar-refractivity contribution is 0.303. The second-order valence-corrected chi connectivity index (χ2v) is 6.51. The zero-order valence-corrected chi connectivity index (χ0v) is 12.7. The fraction of sp³-hybridized carbons (Fsp3) is 0.400. The molecule has 0 atom stereocenters. The van der Waals surface area contributed by atoms with Crippen LogP contribution < -0.4 is 10.5 Å². The van der Waals surface area contributed by atoms with Crippen LogP contribution in [0.4, 0.5) is 0 Å². The Balaban J connectivity index is 2.04. The van der Waals surface area contributed by atoms with E-state index in [9.17, 15) is 0 Å². The van der Waals surface area contributed by atoms with Gasteiger partial charge in [-0.25, -0.2) is 4.98 Å². The van der Waals surface area contributed by atoms with Gasteiger partial charge in [0.2, 0.25) is 0 Å². The lowest BCUT2D eigenvalue weighted by Gasteiger charge is -2.14.